The molecule has 1 fully saturated rings. The second-order valence-electron chi connectivity index (χ2n) is 5.47. The Morgan fingerprint density at radius 2 is 1.88 bits per heavy atom. The number of fused-ring (bicyclic) bond motifs is 3. The summed E-state index contributed by atoms with van der Waals surface area (Å²) >= 11 is 0.299. The SMILES string of the molecule is Cc1nc2c3c(F)c(C(F)(F)F)sc3nc(N3CCNCC3)n2n1. The lowest BCUT2D eigenvalue weighted by molar-refractivity contribution is -0.136. The highest BCUT2D eigenvalue weighted by Gasteiger charge is 2.39. The molecule has 0 saturated carbocycles. The van der Waals surface area contributed by atoms with Crippen molar-refractivity contribution >= 4 is 33.1 Å². The molecule has 0 amide bonds. The number of nitrogens with zero attached hydrogens (tertiary/aromatic N) is 5. The van der Waals surface area contributed by atoms with Crippen LogP contribution in [0.3, 0.4) is 0 Å². The van der Waals surface area contributed by atoms with Gasteiger partial charge >= 0.3 is 6.18 Å². The number of thiophene rings is 1. The lowest BCUT2D eigenvalue weighted by Crippen LogP contribution is -2.44. The summed E-state index contributed by atoms with van der Waals surface area (Å²) in [6.07, 6.45) is -4.77. The van der Waals surface area contributed by atoms with Crippen LogP contribution in [-0.2, 0) is 6.18 Å². The maximum absolute atomic E-state index is 14.4. The van der Waals surface area contributed by atoms with E-state index >= 15 is 0 Å². The van der Waals surface area contributed by atoms with Gasteiger partial charge in [-0.05, 0) is 6.92 Å². The molecule has 0 aliphatic carbocycles. The Hall–Kier alpha value is -2.01. The van der Waals surface area contributed by atoms with Gasteiger partial charge in [-0.3, -0.25) is 0 Å². The number of aromatic nitrogens is 4. The third-order valence-electron chi connectivity index (χ3n) is 3.82. The van der Waals surface area contributed by atoms with E-state index < -0.39 is 16.9 Å². The average Bonchev–Trinajstić information content (AvgIpc) is 3.06. The van der Waals surface area contributed by atoms with E-state index in [2.05, 4.69) is 20.4 Å². The molecule has 1 aliphatic heterocycles. The molecule has 0 spiro atoms. The molecular weight excluding hydrogens is 348 g/mol. The van der Waals surface area contributed by atoms with Gasteiger partial charge < -0.3 is 10.2 Å². The summed E-state index contributed by atoms with van der Waals surface area (Å²) < 4.78 is 54.8. The molecule has 0 unspecified atom stereocenters. The van der Waals surface area contributed by atoms with Crippen molar-refractivity contribution < 1.29 is 17.6 Å². The molecule has 24 heavy (non-hydrogen) atoms. The third kappa shape index (κ3) is 2.30. The van der Waals surface area contributed by atoms with Gasteiger partial charge in [-0.2, -0.15) is 17.7 Å². The van der Waals surface area contributed by atoms with E-state index in [1.807, 2.05) is 4.90 Å². The van der Waals surface area contributed by atoms with E-state index in [1.54, 1.807) is 6.92 Å². The van der Waals surface area contributed by atoms with Gasteiger partial charge in [0.25, 0.3) is 0 Å². The zero-order chi connectivity index (χ0) is 17.1. The van der Waals surface area contributed by atoms with Gasteiger partial charge in [0.15, 0.2) is 11.5 Å². The molecule has 11 heteroatoms. The number of halogens is 4. The summed E-state index contributed by atoms with van der Waals surface area (Å²) in [5.41, 5.74) is 0.0651. The Morgan fingerprint density at radius 1 is 1.17 bits per heavy atom. The number of piperazine rings is 1. The number of alkyl halides is 3. The molecule has 3 aromatic rings. The molecule has 0 aromatic carbocycles. The van der Waals surface area contributed by atoms with Crippen LogP contribution >= 0.6 is 11.3 Å². The Morgan fingerprint density at radius 3 is 2.54 bits per heavy atom. The van der Waals surface area contributed by atoms with Crippen LogP contribution in [0, 0.1) is 12.7 Å². The van der Waals surface area contributed by atoms with Crippen molar-refractivity contribution in [3.63, 3.8) is 0 Å². The van der Waals surface area contributed by atoms with Crippen molar-refractivity contribution in [2.45, 2.75) is 13.1 Å². The predicted octanol–water partition coefficient (Wildman–Crippen LogP) is 2.21. The fourth-order valence-corrected chi connectivity index (χ4v) is 3.69. The first-order chi connectivity index (χ1) is 11.4. The molecule has 0 bridgehead atoms. The highest BCUT2D eigenvalue weighted by molar-refractivity contribution is 7.18. The van der Waals surface area contributed by atoms with Crippen molar-refractivity contribution in [1.29, 1.82) is 0 Å². The Kier molecular flexibility index (Phi) is 3.39. The molecular formula is C13H12F4N6S. The molecule has 0 atom stereocenters. The quantitative estimate of drug-likeness (QED) is 0.675. The van der Waals surface area contributed by atoms with E-state index in [0.717, 1.165) is 13.1 Å². The molecule has 3 aromatic heterocycles. The highest BCUT2D eigenvalue weighted by atomic mass is 32.1. The normalized spacial score (nSPS) is 16.5. The minimum Gasteiger partial charge on any atom is -0.338 e. The lowest BCUT2D eigenvalue weighted by Gasteiger charge is -2.28. The predicted molar refractivity (Wildman–Crippen MR) is 80.9 cm³/mol. The van der Waals surface area contributed by atoms with E-state index in [-0.39, 0.29) is 15.9 Å². The number of anilines is 1. The standard InChI is InChI=1S/C13H12F4N6S/c1-6-19-10-7-8(14)9(13(15,16)17)24-11(7)20-12(23(10)21-6)22-4-2-18-3-5-22/h18H,2-5H2,1H3. The van der Waals surface area contributed by atoms with Gasteiger partial charge in [0, 0.05) is 26.2 Å². The topological polar surface area (TPSA) is 58.4 Å². The van der Waals surface area contributed by atoms with E-state index in [0.29, 0.717) is 36.2 Å². The van der Waals surface area contributed by atoms with Crippen molar-refractivity contribution in [2.24, 2.45) is 0 Å². The molecule has 6 nitrogen and oxygen atoms in total. The number of hydrogen-bond acceptors (Lipinski definition) is 6. The smallest absolute Gasteiger partial charge is 0.338 e. The van der Waals surface area contributed by atoms with Crippen LogP contribution in [0.25, 0.3) is 15.9 Å². The fourth-order valence-electron chi connectivity index (χ4n) is 2.78. The Labute approximate surface area is 137 Å². The molecule has 1 N–H and O–H groups in total. The van der Waals surface area contributed by atoms with Gasteiger partial charge in [0.2, 0.25) is 5.95 Å². The van der Waals surface area contributed by atoms with Crippen LogP contribution in [0.15, 0.2) is 0 Å². The maximum Gasteiger partial charge on any atom is 0.428 e. The summed E-state index contributed by atoms with van der Waals surface area (Å²) in [5.74, 6) is -0.603. The van der Waals surface area contributed by atoms with Crippen LogP contribution in [0.1, 0.15) is 10.7 Å². The number of nitrogens with one attached hydrogen (secondary N) is 1. The van der Waals surface area contributed by atoms with Crippen molar-refractivity contribution in [3.8, 4) is 0 Å². The van der Waals surface area contributed by atoms with Crippen LogP contribution in [-0.4, -0.2) is 45.8 Å². The molecule has 1 saturated heterocycles. The van der Waals surface area contributed by atoms with Gasteiger partial charge in [-0.25, -0.2) is 14.4 Å². The zero-order valence-electron chi connectivity index (χ0n) is 12.5. The summed E-state index contributed by atoms with van der Waals surface area (Å²) in [6.45, 7) is 4.32. The monoisotopic (exact) mass is 360 g/mol. The number of hydrogen-bond donors (Lipinski definition) is 1. The minimum absolute atomic E-state index is 0.0201. The zero-order valence-corrected chi connectivity index (χ0v) is 13.3. The highest BCUT2D eigenvalue weighted by Crippen LogP contribution is 2.42. The molecule has 128 valence electrons. The van der Waals surface area contributed by atoms with E-state index in [1.165, 1.54) is 4.52 Å². The second-order valence-corrected chi connectivity index (χ2v) is 6.47. The molecule has 4 heterocycles. The number of aryl methyl sites for hydroxylation is 1. The summed E-state index contributed by atoms with van der Waals surface area (Å²) in [6, 6.07) is 0. The molecule has 4 rings (SSSR count). The average molecular weight is 360 g/mol. The minimum atomic E-state index is -4.77. The van der Waals surface area contributed by atoms with Crippen molar-refractivity contribution in [1.82, 2.24) is 24.9 Å². The van der Waals surface area contributed by atoms with Gasteiger partial charge in [-0.1, -0.05) is 0 Å². The van der Waals surface area contributed by atoms with Gasteiger partial charge in [0.05, 0.1) is 5.39 Å². The third-order valence-corrected chi connectivity index (χ3v) is 4.92. The summed E-state index contributed by atoms with van der Waals surface area (Å²) in [5, 5.41) is 7.15. The largest absolute Gasteiger partial charge is 0.428 e. The van der Waals surface area contributed by atoms with Crippen LogP contribution in [0.4, 0.5) is 23.5 Å². The molecule has 1 aliphatic rings. The Balaban J connectivity index is 2.03. The lowest BCUT2D eigenvalue weighted by atomic mass is 10.3. The van der Waals surface area contributed by atoms with Crippen LogP contribution in [0.5, 0.6) is 0 Å². The van der Waals surface area contributed by atoms with Crippen molar-refractivity contribution in [2.75, 3.05) is 31.1 Å². The van der Waals surface area contributed by atoms with Crippen LogP contribution in [0.2, 0.25) is 0 Å². The van der Waals surface area contributed by atoms with Crippen molar-refractivity contribution in [3.05, 3.63) is 16.5 Å². The van der Waals surface area contributed by atoms with E-state index in [4.69, 9.17) is 0 Å². The number of rotatable bonds is 1. The Bertz CT molecular complexity index is 924. The first kappa shape index (κ1) is 15.5. The first-order valence-corrected chi connectivity index (χ1v) is 8.06. The van der Waals surface area contributed by atoms with E-state index in [9.17, 15) is 17.6 Å². The maximum atomic E-state index is 14.4. The fraction of sp³-hybridized carbons (Fsp3) is 0.462. The van der Waals surface area contributed by atoms with Gasteiger partial charge in [-0.15, -0.1) is 16.4 Å². The first-order valence-electron chi connectivity index (χ1n) is 7.24. The summed E-state index contributed by atoms with van der Waals surface area (Å²) in [7, 11) is 0. The van der Waals surface area contributed by atoms with Gasteiger partial charge in [0.1, 0.15) is 15.5 Å². The van der Waals surface area contributed by atoms with Crippen LogP contribution < -0.4 is 10.2 Å². The summed E-state index contributed by atoms with van der Waals surface area (Å²) in [4.78, 5) is 8.99. The molecule has 0 radical (unpaired) electrons. The second kappa shape index (κ2) is 5.24.